The topological polar surface area (TPSA) is 68.0 Å². The quantitative estimate of drug-likeness (QED) is 0.798. The minimum Gasteiger partial charge on any atom is -0.396 e. The molecule has 0 aliphatic carbocycles. The highest BCUT2D eigenvalue weighted by molar-refractivity contribution is 6.03. The van der Waals surface area contributed by atoms with Crippen LogP contribution in [-0.2, 0) is 0 Å². The molecule has 0 bridgehead atoms. The lowest BCUT2D eigenvalue weighted by Crippen LogP contribution is -2.13. The van der Waals surface area contributed by atoms with Crippen LogP contribution in [0.4, 0.5) is 15.8 Å². The van der Waals surface area contributed by atoms with E-state index >= 15 is 0 Å². The summed E-state index contributed by atoms with van der Waals surface area (Å²) >= 11 is 0. The van der Waals surface area contributed by atoms with Crippen LogP contribution < -0.4 is 11.1 Å². The van der Waals surface area contributed by atoms with Crippen molar-refractivity contribution in [2.24, 2.45) is 0 Å². The number of nitrogen functional groups attached to an aromatic ring is 1. The van der Waals surface area contributed by atoms with Crippen molar-refractivity contribution in [3.05, 3.63) is 53.6 Å². The normalized spacial score (nSPS) is 10.1. The molecule has 1 aromatic carbocycles. The number of nitrogens with one attached hydrogen (secondary N) is 1. The molecule has 0 fully saturated rings. The van der Waals surface area contributed by atoms with Crippen molar-refractivity contribution in [3.63, 3.8) is 0 Å². The SMILES string of the molecule is Cc1ccc(C(=O)Nc2ccc(F)c(N)c2)nc1. The Morgan fingerprint density at radius 1 is 1.33 bits per heavy atom. The number of nitrogens with two attached hydrogens (primary N) is 1. The minimum atomic E-state index is -0.513. The zero-order valence-electron chi connectivity index (χ0n) is 9.77. The molecule has 0 aliphatic rings. The number of pyridine rings is 1. The fourth-order valence-electron chi connectivity index (χ4n) is 1.42. The van der Waals surface area contributed by atoms with Crippen LogP contribution >= 0.6 is 0 Å². The lowest BCUT2D eigenvalue weighted by Gasteiger charge is -2.06. The third kappa shape index (κ3) is 2.63. The maximum atomic E-state index is 13.0. The standard InChI is InChI=1S/C13H12FN3O/c1-8-2-5-12(16-7-8)13(18)17-9-3-4-10(14)11(15)6-9/h2-7H,15H2,1H3,(H,17,18). The van der Waals surface area contributed by atoms with Crippen molar-refractivity contribution in [2.75, 3.05) is 11.1 Å². The fraction of sp³-hybridized carbons (Fsp3) is 0.0769. The lowest BCUT2D eigenvalue weighted by molar-refractivity contribution is 0.102. The van der Waals surface area contributed by atoms with E-state index in [9.17, 15) is 9.18 Å². The third-order valence-electron chi connectivity index (χ3n) is 2.40. The number of hydrogen-bond acceptors (Lipinski definition) is 3. The zero-order chi connectivity index (χ0) is 13.1. The highest BCUT2D eigenvalue weighted by Crippen LogP contribution is 2.16. The highest BCUT2D eigenvalue weighted by Gasteiger charge is 2.08. The van der Waals surface area contributed by atoms with E-state index in [0.29, 0.717) is 11.4 Å². The molecule has 0 aliphatic heterocycles. The number of hydrogen-bond donors (Lipinski definition) is 2. The second-order valence-corrected chi connectivity index (χ2v) is 3.91. The van der Waals surface area contributed by atoms with Crippen molar-refractivity contribution < 1.29 is 9.18 Å². The summed E-state index contributed by atoms with van der Waals surface area (Å²) in [5, 5.41) is 2.60. The smallest absolute Gasteiger partial charge is 0.274 e. The first-order valence-electron chi connectivity index (χ1n) is 5.35. The molecule has 0 atom stereocenters. The molecule has 18 heavy (non-hydrogen) atoms. The summed E-state index contributed by atoms with van der Waals surface area (Å²) in [5.74, 6) is -0.873. The maximum Gasteiger partial charge on any atom is 0.274 e. The van der Waals surface area contributed by atoms with E-state index in [1.54, 1.807) is 18.3 Å². The molecule has 4 nitrogen and oxygen atoms in total. The molecular formula is C13H12FN3O. The molecule has 2 rings (SSSR count). The van der Waals surface area contributed by atoms with Gasteiger partial charge in [-0.1, -0.05) is 6.07 Å². The summed E-state index contributed by atoms with van der Waals surface area (Å²) in [5.41, 5.74) is 7.10. The number of nitrogens with zero attached hydrogens (tertiary/aromatic N) is 1. The van der Waals surface area contributed by atoms with Crippen molar-refractivity contribution in [1.82, 2.24) is 4.98 Å². The van der Waals surface area contributed by atoms with E-state index in [1.165, 1.54) is 18.2 Å². The summed E-state index contributed by atoms with van der Waals surface area (Å²) in [7, 11) is 0. The third-order valence-corrected chi connectivity index (χ3v) is 2.40. The van der Waals surface area contributed by atoms with Gasteiger partial charge in [0.1, 0.15) is 11.5 Å². The first-order valence-corrected chi connectivity index (χ1v) is 5.35. The molecule has 92 valence electrons. The van der Waals surface area contributed by atoms with E-state index in [4.69, 9.17) is 5.73 Å². The van der Waals surface area contributed by atoms with Crippen LogP contribution in [0.15, 0.2) is 36.5 Å². The van der Waals surface area contributed by atoms with E-state index < -0.39 is 5.82 Å². The molecular weight excluding hydrogens is 233 g/mol. The van der Waals surface area contributed by atoms with Gasteiger partial charge in [-0.05, 0) is 36.8 Å². The van der Waals surface area contributed by atoms with E-state index in [2.05, 4.69) is 10.3 Å². The second-order valence-electron chi connectivity index (χ2n) is 3.91. The highest BCUT2D eigenvalue weighted by atomic mass is 19.1. The van der Waals surface area contributed by atoms with Gasteiger partial charge in [0, 0.05) is 11.9 Å². The summed E-state index contributed by atoms with van der Waals surface area (Å²) < 4.78 is 13.0. The fourth-order valence-corrected chi connectivity index (χ4v) is 1.42. The van der Waals surface area contributed by atoms with Gasteiger partial charge in [-0.25, -0.2) is 4.39 Å². The number of halogens is 1. The summed E-state index contributed by atoms with van der Waals surface area (Å²) in [6.45, 7) is 1.88. The van der Waals surface area contributed by atoms with Gasteiger partial charge >= 0.3 is 0 Å². The van der Waals surface area contributed by atoms with Gasteiger partial charge in [-0.3, -0.25) is 9.78 Å². The Morgan fingerprint density at radius 2 is 2.11 bits per heavy atom. The van der Waals surface area contributed by atoms with Crippen molar-refractivity contribution >= 4 is 17.3 Å². The van der Waals surface area contributed by atoms with Crippen molar-refractivity contribution in [2.45, 2.75) is 6.92 Å². The molecule has 1 amide bonds. The summed E-state index contributed by atoms with van der Waals surface area (Å²) in [6.07, 6.45) is 1.61. The van der Waals surface area contributed by atoms with Gasteiger partial charge in [-0.2, -0.15) is 0 Å². The Labute approximate surface area is 104 Å². The number of amides is 1. The van der Waals surface area contributed by atoms with Crippen LogP contribution in [0, 0.1) is 12.7 Å². The monoisotopic (exact) mass is 245 g/mol. The first-order chi connectivity index (χ1) is 8.56. The summed E-state index contributed by atoms with van der Waals surface area (Å²) in [6, 6.07) is 7.42. The van der Waals surface area contributed by atoms with E-state index in [0.717, 1.165) is 5.56 Å². The second kappa shape index (κ2) is 4.83. The Kier molecular flexibility index (Phi) is 3.23. The summed E-state index contributed by atoms with van der Waals surface area (Å²) in [4.78, 5) is 15.8. The Hall–Kier alpha value is -2.43. The number of carbonyl (C=O) groups is 1. The predicted molar refractivity (Wildman–Crippen MR) is 67.7 cm³/mol. The maximum absolute atomic E-state index is 13.0. The van der Waals surface area contributed by atoms with Gasteiger partial charge in [-0.15, -0.1) is 0 Å². The number of benzene rings is 1. The molecule has 0 spiro atoms. The lowest BCUT2D eigenvalue weighted by atomic mass is 10.2. The van der Waals surface area contributed by atoms with Crippen LogP contribution in [0.25, 0.3) is 0 Å². The molecule has 1 heterocycles. The van der Waals surface area contributed by atoms with Crippen molar-refractivity contribution in [3.8, 4) is 0 Å². The average Bonchev–Trinajstić information content (AvgIpc) is 2.34. The molecule has 0 radical (unpaired) electrons. The molecule has 3 N–H and O–H groups in total. The Morgan fingerprint density at radius 3 is 2.72 bits per heavy atom. The molecule has 1 aromatic heterocycles. The van der Waals surface area contributed by atoms with E-state index in [-0.39, 0.29) is 11.6 Å². The zero-order valence-corrected chi connectivity index (χ0v) is 9.77. The van der Waals surface area contributed by atoms with Crippen LogP contribution in [0.2, 0.25) is 0 Å². The molecule has 0 saturated carbocycles. The van der Waals surface area contributed by atoms with Gasteiger partial charge in [0.25, 0.3) is 5.91 Å². The van der Waals surface area contributed by atoms with Crippen LogP contribution in [0.5, 0.6) is 0 Å². The first kappa shape index (κ1) is 12.0. The molecule has 0 saturated heterocycles. The van der Waals surface area contributed by atoms with Gasteiger partial charge in [0.05, 0.1) is 5.69 Å². The molecule has 0 unspecified atom stereocenters. The molecule has 2 aromatic rings. The predicted octanol–water partition coefficient (Wildman–Crippen LogP) is 2.36. The Balaban J connectivity index is 2.16. The van der Waals surface area contributed by atoms with Crippen LogP contribution in [0.3, 0.4) is 0 Å². The van der Waals surface area contributed by atoms with Gasteiger partial charge < -0.3 is 11.1 Å². The van der Waals surface area contributed by atoms with Crippen LogP contribution in [0.1, 0.15) is 16.1 Å². The van der Waals surface area contributed by atoms with Gasteiger partial charge in [0.15, 0.2) is 0 Å². The Bertz CT molecular complexity index is 581. The van der Waals surface area contributed by atoms with Gasteiger partial charge in [0.2, 0.25) is 0 Å². The number of aromatic nitrogens is 1. The van der Waals surface area contributed by atoms with E-state index in [1.807, 2.05) is 6.92 Å². The number of rotatable bonds is 2. The van der Waals surface area contributed by atoms with Crippen LogP contribution in [-0.4, -0.2) is 10.9 Å². The van der Waals surface area contributed by atoms with Crippen molar-refractivity contribution in [1.29, 1.82) is 0 Å². The number of anilines is 2. The largest absolute Gasteiger partial charge is 0.396 e. The molecule has 5 heteroatoms. The minimum absolute atomic E-state index is 0.00957. The number of carbonyl (C=O) groups excluding carboxylic acids is 1. The average molecular weight is 245 g/mol. The number of aryl methyl sites for hydroxylation is 1.